The van der Waals surface area contributed by atoms with Crippen LogP contribution in [0.5, 0.6) is 0 Å². The third kappa shape index (κ3) is 2.32. The predicted octanol–water partition coefficient (Wildman–Crippen LogP) is -0.208. The number of rotatable bonds is 4. The van der Waals surface area contributed by atoms with Gasteiger partial charge in [0.25, 0.3) is 0 Å². The van der Waals surface area contributed by atoms with Crippen LogP contribution in [0.2, 0.25) is 0 Å². The lowest BCUT2D eigenvalue weighted by Crippen LogP contribution is -2.47. The molecule has 1 amide bonds. The molecule has 1 aliphatic heterocycles. The van der Waals surface area contributed by atoms with E-state index in [0.29, 0.717) is 0 Å². The Kier molecular flexibility index (Phi) is 3.26. The van der Waals surface area contributed by atoms with E-state index in [1.54, 1.807) is 7.05 Å². The van der Waals surface area contributed by atoms with Crippen LogP contribution in [0, 0.1) is 11.8 Å². The first-order valence-electron chi connectivity index (χ1n) is 5.89. The molecule has 4 heteroatoms. The molecule has 2 aliphatic rings. The highest BCUT2D eigenvalue weighted by molar-refractivity contribution is 5.80. The third-order valence-corrected chi connectivity index (χ3v) is 3.93. The molecule has 1 saturated carbocycles. The van der Waals surface area contributed by atoms with Gasteiger partial charge in [-0.2, -0.15) is 0 Å². The number of likely N-dealkylation sites (N-methyl/N-ethyl adjacent to an activating group) is 1. The molecular weight excluding hydrogens is 190 g/mol. The van der Waals surface area contributed by atoms with Gasteiger partial charge in [-0.3, -0.25) is 4.79 Å². The zero-order chi connectivity index (χ0) is 10.8. The van der Waals surface area contributed by atoms with E-state index in [2.05, 4.69) is 10.2 Å². The molecular formula is C11H21N3O. The number of primary amides is 1. The summed E-state index contributed by atoms with van der Waals surface area (Å²) >= 11 is 0. The Morgan fingerprint density at radius 1 is 1.47 bits per heavy atom. The first kappa shape index (κ1) is 10.9. The Morgan fingerprint density at radius 2 is 2.07 bits per heavy atom. The molecule has 2 rings (SSSR count). The van der Waals surface area contributed by atoms with Crippen LogP contribution in [0.3, 0.4) is 0 Å². The van der Waals surface area contributed by atoms with Gasteiger partial charge in [0.1, 0.15) is 0 Å². The number of fused-ring (bicyclic) bond motifs is 1. The Hall–Kier alpha value is -0.610. The minimum Gasteiger partial charge on any atom is -0.368 e. The molecule has 1 heterocycles. The van der Waals surface area contributed by atoms with E-state index in [-0.39, 0.29) is 11.9 Å². The molecule has 2 fully saturated rings. The molecule has 0 spiro atoms. The summed E-state index contributed by atoms with van der Waals surface area (Å²) in [5, 5.41) is 2.98. The number of hydrogen-bond acceptors (Lipinski definition) is 3. The molecule has 15 heavy (non-hydrogen) atoms. The summed E-state index contributed by atoms with van der Waals surface area (Å²) in [4.78, 5) is 13.5. The van der Waals surface area contributed by atoms with Gasteiger partial charge in [-0.05, 0) is 31.7 Å². The summed E-state index contributed by atoms with van der Waals surface area (Å²) in [6, 6.07) is -0.191. The fourth-order valence-corrected chi connectivity index (χ4v) is 3.06. The summed E-state index contributed by atoms with van der Waals surface area (Å²) in [7, 11) is 1.80. The van der Waals surface area contributed by atoms with Crippen LogP contribution in [0.1, 0.15) is 19.3 Å². The molecule has 3 unspecified atom stereocenters. The third-order valence-electron chi connectivity index (χ3n) is 3.93. The first-order chi connectivity index (χ1) is 7.20. The van der Waals surface area contributed by atoms with Crippen molar-refractivity contribution >= 4 is 5.91 Å². The van der Waals surface area contributed by atoms with Gasteiger partial charge >= 0.3 is 0 Å². The van der Waals surface area contributed by atoms with Gasteiger partial charge in [0.2, 0.25) is 5.91 Å². The molecule has 0 bridgehead atoms. The lowest BCUT2D eigenvalue weighted by Gasteiger charge is -2.21. The summed E-state index contributed by atoms with van der Waals surface area (Å²) in [5.74, 6) is 1.53. The number of nitrogens with one attached hydrogen (secondary N) is 1. The van der Waals surface area contributed by atoms with Gasteiger partial charge in [0.15, 0.2) is 0 Å². The monoisotopic (exact) mass is 211 g/mol. The van der Waals surface area contributed by atoms with E-state index in [0.717, 1.165) is 31.5 Å². The lowest BCUT2D eigenvalue weighted by atomic mass is 10.0. The van der Waals surface area contributed by atoms with E-state index in [1.165, 1.54) is 19.3 Å². The summed E-state index contributed by atoms with van der Waals surface area (Å²) in [6.07, 6.45) is 4.15. The van der Waals surface area contributed by atoms with Gasteiger partial charge in [-0.15, -0.1) is 0 Å². The highest BCUT2D eigenvalue weighted by atomic mass is 16.1. The van der Waals surface area contributed by atoms with Crippen molar-refractivity contribution in [1.82, 2.24) is 10.2 Å². The highest BCUT2D eigenvalue weighted by Gasteiger charge is 2.36. The second-order valence-electron chi connectivity index (χ2n) is 4.91. The van der Waals surface area contributed by atoms with Crippen LogP contribution in [-0.4, -0.2) is 43.5 Å². The van der Waals surface area contributed by atoms with Crippen molar-refractivity contribution < 1.29 is 4.79 Å². The normalized spacial score (nSPS) is 32.9. The number of nitrogens with zero attached hydrogens (tertiary/aromatic N) is 1. The molecule has 1 aliphatic carbocycles. The molecule has 0 radical (unpaired) electrons. The maximum absolute atomic E-state index is 11.1. The van der Waals surface area contributed by atoms with Gasteiger partial charge in [-0.25, -0.2) is 0 Å². The maximum atomic E-state index is 11.1. The van der Waals surface area contributed by atoms with Crippen molar-refractivity contribution in [3.8, 4) is 0 Å². The number of nitrogens with two attached hydrogens (primary N) is 1. The Labute approximate surface area is 91.2 Å². The minimum absolute atomic E-state index is 0.191. The van der Waals surface area contributed by atoms with Crippen LogP contribution in [0.25, 0.3) is 0 Å². The van der Waals surface area contributed by atoms with E-state index in [1.807, 2.05) is 0 Å². The van der Waals surface area contributed by atoms with Crippen molar-refractivity contribution in [3.05, 3.63) is 0 Å². The van der Waals surface area contributed by atoms with E-state index >= 15 is 0 Å². The van der Waals surface area contributed by atoms with Crippen molar-refractivity contribution in [2.45, 2.75) is 25.3 Å². The minimum atomic E-state index is -0.241. The van der Waals surface area contributed by atoms with Crippen molar-refractivity contribution in [1.29, 1.82) is 0 Å². The fraction of sp³-hybridized carbons (Fsp3) is 0.909. The topological polar surface area (TPSA) is 58.4 Å². The second kappa shape index (κ2) is 4.49. The first-order valence-corrected chi connectivity index (χ1v) is 5.89. The van der Waals surface area contributed by atoms with Crippen LogP contribution in [0.15, 0.2) is 0 Å². The summed E-state index contributed by atoms with van der Waals surface area (Å²) in [6.45, 7) is 3.10. The standard InChI is InChI=1S/C11H21N3O/c1-13-10(11(12)15)7-14-5-8-3-2-4-9(8)6-14/h8-10,13H,2-7H2,1H3,(H2,12,15). The largest absolute Gasteiger partial charge is 0.368 e. The molecule has 0 aromatic rings. The number of hydrogen-bond donors (Lipinski definition) is 2. The highest BCUT2D eigenvalue weighted by Crippen LogP contribution is 2.37. The number of carbonyl (C=O) groups excluding carboxylic acids is 1. The fourth-order valence-electron chi connectivity index (χ4n) is 3.06. The van der Waals surface area contributed by atoms with Crippen molar-refractivity contribution in [2.75, 3.05) is 26.7 Å². The van der Waals surface area contributed by atoms with Crippen LogP contribution in [0.4, 0.5) is 0 Å². The Balaban J connectivity index is 1.83. The maximum Gasteiger partial charge on any atom is 0.235 e. The van der Waals surface area contributed by atoms with E-state index < -0.39 is 0 Å². The second-order valence-corrected chi connectivity index (χ2v) is 4.91. The van der Waals surface area contributed by atoms with Crippen molar-refractivity contribution in [3.63, 3.8) is 0 Å². The Bertz CT molecular complexity index is 232. The van der Waals surface area contributed by atoms with Crippen LogP contribution in [-0.2, 0) is 4.79 Å². The average molecular weight is 211 g/mol. The predicted molar refractivity (Wildman–Crippen MR) is 59.3 cm³/mol. The molecule has 0 aromatic heterocycles. The van der Waals surface area contributed by atoms with Gasteiger partial charge in [-0.1, -0.05) is 6.42 Å². The number of carbonyl (C=O) groups is 1. The molecule has 3 atom stereocenters. The Morgan fingerprint density at radius 3 is 2.53 bits per heavy atom. The lowest BCUT2D eigenvalue weighted by molar-refractivity contribution is -0.120. The summed E-state index contributed by atoms with van der Waals surface area (Å²) in [5.41, 5.74) is 5.31. The zero-order valence-electron chi connectivity index (χ0n) is 9.41. The van der Waals surface area contributed by atoms with E-state index in [4.69, 9.17) is 5.73 Å². The molecule has 86 valence electrons. The van der Waals surface area contributed by atoms with Crippen LogP contribution < -0.4 is 11.1 Å². The van der Waals surface area contributed by atoms with E-state index in [9.17, 15) is 4.79 Å². The zero-order valence-corrected chi connectivity index (χ0v) is 9.41. The van der Waals surface area contributed by atoms with Crippen molar-refractivity contribution in [2.24, 2.45) is 17.6 Å². The molecule has 1 saturated heterocycles. The average Bonchev–Trinajstić information content (AvgIpc) is 2.72. The van der Waals surface area contributed by atoms with Crippen LogP contribution >= 0.6 is 0 Å². The summed E-state index contributed by atoms with van der Waals surface area (Å²) < 4.78 is 0. The van der Waals surface area contributed by atoms with Gasteiger partial charge in [0, 0.05) is 19.6 Å². The molecule has 0 aromatic carbocycles. The molecule has 3 N–H and O–H groups in total. The quantitative estimate of drug-likeness (QED) is 0.676. The van der Waals surface area contributed by atoms with Gasteiger partial charge in [0.05, 0.1) is 6.04 Å². The smallest absolute Gasteiger partial charge is 0.235 e. The van der Waals surface area contributed by atoms with Gasteiger partial charge < -0.3 is 16.0 Å². The number of amides is 1. The number of likely N-dealkylation sites (tertiary alicyclic amines) is 1. The molecule has 4 nitrogen and oxygen atoms in total. The SMILES string of the molecule is CNC(CN1CC2CCCC2C1)C(N)=O.